The highest BCUT2D eigenvalue weighted by molar-refractivity contribution is 5.72. The van der Waals surface area contributed by atoms with Crippen LogP contribution >= 0.6 is 0 Å². The maximum atomic E-state index is 12.3. The second-order valence-corrected chi connectivity index (χ2v) is 4.81. The summed E-state index contributed by atoms with van der Waals surface area (Å²) >= 11 is 0. The molecule has 0 unspecified atom stereocenters. The summed E-state index contributed by atoms with van der Waals surface area (Å²) < 4.78 is 2.82. The quantitative estimate of drug-likeness (QED) is 0.691. The molecule has 0 bridgehead atoms. The van der Waals surface area contributed by atoms with Crippen LogP contribution in [0.2, 0.25) is 0 Å². The third kappa shape index (κ3) is 2.17. The van der Waals surface area contributed by atoms with Gasteiger partial charge in [0.1, 0.15) is 5.39 Å². The van der Waals surface area contributed by atoms with Crippen LogP contribution in [0.1, 0.15) is 16.7 Å². The highest BCUT2D eigenvalue weighted by atomic mass is 16.1. The number of benzene rings is 1. The fraction of sp³-hybridized carbons (Fsp3) is 0.214. The predicted molar refractivity (Wildman–Crippen MR) is 75.6 cm³/mol. The molecule has 21 heavy (non-hydrogen) atoms. The van der Waals surface area contributed by atoms with E-state index in [1.165, 1.54) is 15.6 Å². The van der Waals surface area contributed by atoms with E-state index in [2.05, 4.69) is 21.5 Å². The van der Waals surface area contributed by atoms with E-state index in [-0.39, 0.29) is 5.56 Å². The van der Waals surface area contributed by atoms with E-state index in [0.29, 0.717) is 23.1 Å². The van der Waals surface area contributed by atoms with Gasteiger partial charge >= 0.3 is 0 Å². The van der Waals surface area contributed by atoms with Gasteiger partial charge in [-0.15, -0.1) is 5.10 Å². The van der Waals surface area contributed by atoms with Crippen molar-refractivity contribution in [2.45, 2.75) is 13.5 Å². The van der Waals surface area contributed by atoms with Crippen LogP contribution in [-0.2, 0) is 13.6 Å². The van der Waals surface area contributed by atoms with Gasteiger partial charge in [-0.1, -0.05) is 11.3 Å². The topological polar surface area (TPSA) is 89.4 Å². The first-order valence-corrected chi connectivity index (χ1v) is 6.35. The Balaban J connectivity index is 2.05. The molecule has 0 saturated carbocycles. The van der Waals surface area contributed by atoms with Crippen molar-refractivity contribution < 1.29 is 0 Å². The average molecular weight is 280 g/mol. The van der Waals surface area contributed by atoms with E-state index in [4.69, 9.17) is 5.26 Å². The molecule has 3 aromatic rings. The predicted octanol–water partition coefficient (Wildman–Crippen LogP) is 0.753. The zero-order valence-electron chi connectivity index (χ0n) is 11.6. The molecule has 2 aromatic heterocycles. The lowest BCUT2D eigenvalue weighted by Crippen LogP contribution is -2.25. The number of rotatable bonds is 2. The van der Waals surface area contributed by atoms with Crippen molar-refractivity contribution in [1.29, 1.82) is 5.26 Å². The van der Waals surface area contributed by atoms with Gasteiger partial charge in [0.25, 0.3) is 5.56 Å². The Kier molecular flexibility index (Phi) is 2.99. The van der Waals surface area contributed by atoms with Crippen LogP contribution in [0.4, 0.5) is 0 Å². The molecule has 7 heteroatoms. The van der Waals surface area contributed by atoms with Gasteiger partial charge in [-0.2, -0.15) is 10.4 Å². The van der Waals surface area contributed by atoms with Gasteiger partial charge in [0, 0.05) is 7.05 Å². The largest absolute Gasteiger partial charge is 0.281 e. The van der Waals surface area contributed by atoms with E-state index in [9.17, 15) is 4.79 Å². The first-order chi connectivity index (χ1) is 10.1. The molecule has 0 aliphatic heterocycles. The van der Waals surface area contributed by atoms with Crippen LogP contribution in [0.25, 0.3) is 11.0 Å². The molecule has 0 spiro atoms. The molecule has 0 saturated heterocycles. The molecule has 0 atom stereocenters. The first-order valence-electron chi connectivity index (χ1n) is 6.35. The molecule has 3 rings (SSSR count). The summed E-state index contributed by atoms with van der Waals surface area (Å²) in [6.07, 6.45) is 1.49. The second kappa shape index (κ2) is 4.83. The van der Waals surface area contributed by atoms with Gasteiger partial charge in [-0.3, -0.25) is 4.79 Å². The van der Waals surface area contributed by atoms with E-state index < -0.39 is 0 Å². The van der Waals surface area contributed by atoms with Crippen LogP contribution in [0.5, 0.6) is 0 Å². The normalized spacial score (nSPS) is 10.7. The summed E-state index contributed by atoms with van der Waals surface area (Å²) in [4.78, 5) is 12.3. The lowest BCUT2D eigenvalue weighted by Gasteiger charge is -2.07. The van der Waals surface area contributed by atoms with Crippen molar-refractivity contribution in [3.05, 3.63) is 51.4 Å². The molecule has 0 aliphatic carbocycles. The fourth-order valence-corrected chi connectivity index (χ4v) is 2.18. The molecule has 0 radical (unpaired) electrons. The van der Waals surface area contributed by atoms with Crippen molar-refractivity contribution in [1.82, 2.24) is 24.8 Å². The first kappa shape index (κ1) is 13.0. The maximum Gasteiger partial charge on any atom is 0.281 e. The zero-order chi connectivity index (χ0) is 15.0. The lowest BCUT2D eigenvalue weighted by atomic mass is 10.1. The minimum atomic E-state index is -0.225. The minimum Gasteiger partial charge on any atom is -0.267 e. The number of hydrogen-bond donors (Lipinski definition) is 0. The van der Waals surface area contributed by atoms with Gasteiger partial charge in [-0.05, 0) is 30.2 Å². The van der Waals surface area contributed by atoms with Crippen LogP contribution < -0.4 is 5.56 Å². The van der Waals surface area contributed by atoms with Crippen molar-refractivity contribution in [3.8, 4) is 6.07 Å². The summed E-state index contributed by atoms with van der Waals surface area (Å²) in [6, 6.07) is 7.43. The molecule has 0 aliphatic rings. The third-order valence-electron chi connectivity index (χ3n) is 3.41. The molecular formula is C14H12N6O. The Labute approximate surface area is 120 Å². The highest BCUT2D eigenvalue weighted by Crippen LogP contribution is 2.11. The molecular weight excluding hydrogens is 268 g/mol. The van der Waals surface area contributed by atoms with E-state index in [0.717, 1.165) is 11.1 Å². The fourth-order valence-electron chi connectivity index (χ4n) is 2.18. The van der Waals surface area contributed by atoms with Gasteiger partial charge in [-0.25, -0.2) is 9.36 Å². The maximum absolute atomic E-state index is 12.3. The van der Waals surface area contributed by atoms with E-state index in [1.54, 1.807) is 19.2 Å². The zero-order valence-corrected chi connectivity index (χ0v) is 11.6. The summed E-state index contributed by atoms with van der Waals surface area (Å²) in [7, 11) is 1.71. The molecule has 0 N–H and O–H groups in total. The Morgan fingerprint density at radius 1 is 1.38 bits per heavy atom. The van der Waals surface area contributed by atoms with E-state index >= 15 is 0 Å². The molecule has 0 amide bonds. The Morgan fingerprint density at radius 3 is 2.90 bits per heavy atom. The molecule has 0 fully saturated rings. The SMILES string of the molecule is Cc1cc(C#N)ccc1Cn1nnc2c(cnn2C)c1=O. The molecule has 1 aromatic carbocycles. The Bertz CT molecular complexity index is 931. The summed E-state index contributed by atoms with van der Waals surface area (Å²) in [5, 5.41) is 21.3. The molecule has 104 valence electrons. The monoisotopic (exact) mass is 280 g/mol. The second-order valence-electron chi connectivity index (χ2n) is 4.81. The Morgan fingerprint density at radius 2 is 2.19 bits per heavy atom. The smallest absolute Gasteiger partial charge is 0.267 e. The highest BCUT2D eigenvalue weighted by Gasteiger charge is 2.10. The number of hydrogen-bond acceptors (Lipinski definition) is 5. The number of nitrogens with zero attached hydrogens (tertiary/aromatic N) is 6. The van der Waals surface area contributed by atoms with Crippen LogP contribution in [0.15, 0.2) is 29.2 Å². The summed E-state index contributed by atoms with van der Waals surface area (Å²) in [5.74, 6) is 0. The summed E-state index contributed by atoms with van der Waals surface area (Å²) in [6.45, 7) is 2.21. The van der Waals surface area contributed by atoms with Crippen molar-refractivity contribution >= 4 is 11.0 Å². The summed E-state index contributed by atoms with van der Waals surface area (Å²) in [5.41, 5.74) is 2.70. The van der Waals surface area contributed by atoms with E-state index in [1.807, 2.05) is 13.0 Å². The average Bonchev–Trinajstić information content (AvgIpc) is 2.86. The van der Waals surface area contributed by atoms with Crippen LogP contribution in [-0.4, -0.2) is 24.8 Å². The van der Waals surface area contributed by atoms with Crippen LogP contribution in [0, 0.1) is 18.3 Å². The van der Waals surface area contributed by atoms with Crippen molar-refractivity contribution in [2.75, 3.05) is 0 Å². The van der Waals surface area contributed by atoms with Gasteiger partial charge in [0.05, 0.1) is 24.4 Å². The molecule has 2 heterocycles. The van der Waals surface area contributed by atoms with Crippen LogP contribution in [0.3, 0.4) is 0 Å². The number of aromatic nitrogens is 5. The third-order valence-corrected chi connectivity index (χ3v) is 3.41. The van der Waals surface area contributed by atoms with Crippen molar-refractivity contribution in [2.24, 2.45) is 7.05 Å². The number of nitriles is 1. The number of aryl methyl sites for hydroxylation is 2. The van der Waals surface area contributed by atoms with Gasteiger partial charge in [0.15, 0.2) is 5.65 Å². The van der Waals surface area contributed by atoms with Gasteiger partial charge < -0.3 is 0 Å². The lowest BCUT2D eigenvalue weighted by molar-refractivity contribution is 0.594. The Hall–Kier alpha value is -3.01. The van der Waals surface area contributed by atoms with Crippen molar-refractivity contribution in [3.63, 3.8) is 0 Å². The molecule has 7 nitrogen and oxygen atoms in total. The minimum absolute atomic E-state index is 0.225. The number of fused-ring (bicyclic) bond motifs is 1. The standard InChI is InChI=1S/C14H12N6O/c1-9-5-10(6-15)3-4-11(9)8-20-14(21)12-7-16-19(2)13(12)17-18-20/h3-5,7H,8H2,1-2H3. The van der Waals surface area contributed by atoms with Gasteiger partial charge in [0.2, 0.25) is 0 Å².